The third kappa shape index (κ3) is 4.31. The summed E-state index contributed by atoms with van der Waals surface area (Å²) in [5.74, 6) is 0.244. The normalized spacial score (nSPS) is 11.9. The summed E-state index contributed by atoms with van der Waals surface area (Å²) in [6.45, 7) is 9.45. The molecule has 0 atom stereocenters. The fraction of sp³-hybridized carbons (Fsp3) is 0.533. The van der Waals surface area contributed by atoms with E-state index in [0.717, 1.165) is 13.1 Å². The first-order chi connectivity index (χ1) is 7.81. The molecule has 0 fully saturated rings. The van der Waals surface area contributed by atoms with Crippen LogP contribution in [0.15, 0.2) is 24.3 Å². The lowest BCUT2D eigenvalue weighted by Gasteiger charge is -2.28. The average molecular weight is 233 g/mol. The van der Waals surface area contributed by atoms with Gasteiger partial charge in [-0.3, -0.25) is 4.79 Å². The summed E-state index contributed by atoms with van der Waals surface area (Å²) in [6.07, 6.45) is 0. The minimum atomic E-state index is -0.265. The second-order valence-electron chi connectivity index (χ2n) is 5.60. The van der Waals surface area contributed by atoms with Gasteiger partial charge in [0, 0.05) is 18.5 Å². The van der Waals surface area contributed by atoms with E-state index in [1.165, 1.54) is 11.1 Å². The lowest BCUT2D eigenvalue weighted by Crippen LogP contribution is -2.35. The SMILES string of the molecule is CC(=O)C(C)(C)CN(C)Cc1cccc(C)c1. The number of hydrogen-bond acceptors (Lipinski definition) is 2. The van der Waals surface area contributed by atoms with Gasteiger partial charge < -0.3 is 4.90 Å². The van der Waals surface area contributed by atoms with Gasteiger partial charge in [0.15, 0.2) is 0 Å². The second kappa shape index (κ2) is 5.46. The van der Waals surface area contributed by atoms with Crippen molar-refractivity contribution >= 4 is 5.78 Å². The molecule has 0 unspecified atom stereocenters. The summed E-state index contributed by atoms with van der Waals surface area (Å²) >= 11 is 0. The molecular weight excluding hydrogens is 210 g/mol. The summed E-state index contributed by atoms with van der Waals surface area (Å²) in [7, 11) is 2.06. The minimum absolute atomic E-state index is 0.244. The van der Waals surface area contributed by atoms with Crippen molar-refractivity contribution < 1.29 is 4.79 Å². The highest BCUT2D eigenvalue weighted by molar-refractivity contribution is 5.81. The van der Waals surface area contributed by atoms with Gasteiger partial charge in [0.25, 0.3) is 0 Å². The van der Waals surface area contributed by atoms with Crippen LogP contribution >= 0.6 is 0 Å². The van der Waals surface area contributed by atoms with Crippen LogP contribution in [-0.2, 0) is 11.3 Å². The third-order valence-corrected chi connectivity index (χ3v) is 3.15. The van der Waals surface area contributed by atoms with E-state index in [1.54, 1.807) is 6.92 Å². The fourth-order valence-electron chi connectivity index (χ4n) is 1.96. The maximum Gasteiger partial charge on any atom is 0.136 e. The number of rotatable bonds is 5. The van der Waals surface area contributed by atoms with Crippen LogP contribution in [0.5, 0.6) is 0 Å². The van der Waals surface area contributed by atoms with Crippen LogP contribution in [-0.4, -0.2) is 24.3 Å². The van der Waals surface area contributed by atoms with Gasteiger partial charge in [-0.05, 0) is 26.5 Å². The number of carbonyl (C=O) groups excluding carboxylic acids is 1. The molecule has 2 heteroatoms. The van der Waals surface area contributed by atoms with Crippen LogP contribution < -0.4 is 0 Å². The molecule has 0 aliphatic heterocycles. The lowest BCUT2D eigenvalue weighted by molar-refractivity contribution is -0.125. The first kappa shape index (κ1) is 13.9. The molecule has 1 aromatic carbocycles. The Morgan fingerprint density at radius 1 is 1.35 bits per heavy atom. The number of ketones is 1. The van der Waals surface area contributed by atoms with Crippen LogP contribution in [0.25, 0.3) is 0 Å². The molecule has 2 nitrogen and oxygen atoms in total. The van der Waals surface area contributed by atoms with Gasteiger partial charge in [0.1, 0.15) is 5.78 Å². The Morgan fingerprint density at radius 2 is 2.00 bits per heavy atom. The molecule has 0 aliphatic rings. The van der Waals surface area contributed by atoms with Crippen molar-refractivity contribution in [2.75, 3.05) is 13.6 Å². The molecule has 1 rings (SSSR count). The molecule has 0 aromatic heterocycles. The number of aryl methyl sites for hydroxylation is 1. The molecule has 0 saturated heterocycles. The topological polar surface area (TPSA) is 20.3 Å². The number of Topliss-reactive ketones (excluding diaryl/α,β-unsaturated/α-hetero) is 1. The predicted molar refractivity (Wildman–Crippen MR) is 72.0 cm³/mol. The van der Waals surface area contributed by atoms with Crippen molar-refractivity contribution in [3.05, 3.63) is 35.4 Å². The zero-order valence-corrected chi connectivity index (χ0v) is 11.6. The Labute approximate surface area is 105 Å². The monoisotopic (exact) mass is 233 g/mol. The van der Waals surface area contributed by atoms with Crippen molar-refractivity contribution in [1.29, 1.82) is 0 Å². The molecule has 1 aromatic rings. The highest BCUT2D eigenvalue weighted by Crippen LogP contribution is 2.18. The second-order valence-corrected chi connectivity index (χ2v) is 5.60. The largest absolute Gasteiger partial charge is 0.301 e. The summed E-state index contributed by atoms with van der Waals surface area (Å²) in [5, 5.41) is 0. The van der Waals surface area contributed by atoms with Crippen LogP contribution in [0, 0.1) is 12.3 Å². The van der Waals surface area contributed by atoms with E-state index in [1.807, 2.05) is 13.8 Å². The Bertz CT molecular complexity index is 396. The van der Waals surface area contributed by atoms with Crippen molar-refractivity contribution in [1.82, 2.24) is 4.90 Å². The van der Waals surface area contributed by atoms with Crippen LogP contribution in [0.3, 0.4) is 0 Å². The molecule has 0 N–H and O–H groups in total. The molecule has 0 heterocycles. The Balaban J connectivity index is 2.61. The quantitative estimate of drug-likeness (QED) is 0.779. The number of nitrogens with zero attached hydrogens (tertiary/aromatic N) is 1. The molecule has 0 bridgehead atoms. The average Bonchev–Trinajstić information content (AvgIpc) is 2.15. The van der Waals surface area contributed by atoms with E-state index < -0.39 is 0 Å². The van der Waals surface area contributed by atoms with Gasteiger partial charge in [0.2, 0.25) is 0 Å². The van der Waals surface area contributed by atoms with Gasteiger partial charge in [0.05, 0.1) is 0 Å². The molecule has 0 saturated carbocycles. The van der Waals surface area contributed by atoms with Gasteiger partial charge in [-0.1, -0.05) is 43.7 Å². The van der Waals surface area contributed by atoms with E-state index in [2.05, 4.69) is 43.1 Å². The number of hydrogen-bond donors (Lipinski definition) is 0. The Kier molecular flexibility index (Phi) is 4.47. The molecule has 94 valence electrons. The summed E-state index contributed by atoms with van der Waals surface area (Å²) in [4.78, 5) is 13.7. The number of carbonyl (C=O) groups is 1. The van der Waals surface area contributed by atoms with Crippen LogP contribution in [0.1, 0.15) is 31.9 Å². The van der Waals surface area contributed by atoms with E-state index >= 15 is 0 Å². The highest BCUT2D eigenvalue weighted by atomic mass is 16.1. The van der Waals surface area contributed by atoms with Crippen molar-refractivity contribution in [2.24, 2.45) is 5.41 Å². The molecule has 17 heavy (non-hydrogen) atoms. The maximum atomic E-state index is 11.5. The predicted octanol–water partition coefficient (Wildman–Crippen LogP) is 3.04. The van der Waals surface area contributed by atoms with Gasteiger partial charge >= 0.3 is 0 Å². The van der Waals surface area contributed by atoms with E-state index in [-0.39, 0.29) is 11.2 Å². The van der Waals surface area contributed by atoms with Crippen molar-refractivity contribution in [3.63, 3.8) is 0 Å². The zero-order chi connectivity index (χ0) is 13.1. The maximum absolute atomic E-state index is 11.5. The molecule has 0 radical (unpaired) electrons. The summed E-state index contributed by atoms with van der Waals surface area (Å²) in [6, 6.07) is 8.50. The lowest BCUT2D eigenvalue weighted by atomic mass is 9.88. The van der Waals surface area contributed by atoms with Gasteiger partial charge in [-0.25, -0.2) is 0 Å². The minimum Gasteiger partial charge on any atom is -0.301 e. The summed E-state index contributed by atoms with van der Waals surface area (Å²) in [5.41, 5.74) is 2.31. The van der Waals surface area contributed by atoms with Crippen molar-refractivity contribution in [3.8, 4) is 0 Å². The Hall–Kier alpha value is -1.15. The van der Waals surface area contributed by atoms with E-state index in [9.17, 15) is 4.79 Å². The van der Waals surface area contributed by atoms with Crippen LogP contribution in [0.4, 0.5) is 0 Å². The Morgan fingerprint density at radius 3 is 2.53 bits per heavy atom. The van der Waals surface area contributed by atoms with Crippen LogP contribution in [0.2, 0.25) is 0 Å². The molecular formula is C15H23NO. The smallest absolute Gasteiger partial charge is 0.136 e. The zero-order valence-electron chi connectivity index (χ0n) is 11.6. The van der Waals surface area contributed by atoms with E-state index in [4.69, 9.17) is 0 Å². The van der Waals surface area contributed by atoms with Gasteiger partial charge in [-0.15, -0.1) is 0 Å². The van der Waals surface area contributed by atoms with Crippen molar-refractivity contribution in [2.45, 2.75) is 34.2 Å². The fourth-order valence-corrected chi connectivity index (χ4v) is 1.96. The highest BCUT2D eigenvalue weighted by Gasteiger charge is 2.25. The molecule has 0 aliphatic carbocycles. The molecule has 0 amide bonds. The first-order valence-corrected chi connectivity index (χ1v) is 6.06. The number of benzene rings is 1. The van der Waals surface area contributed by atoms with Gasteiger partial charge in [-0.2, -0.15) is 0 Å². The molecule has 0 spiro atoms. The third-order valence-electron chi connectivity index (χ3n) is 3.15. The van der Waals surface area contributed by atoms with E-state index in [0.29, 0.717) is 0 Å². The standard InChI is InChI=1S/C15H23NO/c1-12-7-6-8-14(9-12)10-16(5)11-15(3,4)13(2)17/h6-9H,10-11H2,1-5H3. The summed E-state index contributed by atoms with van der Waals surface area (Å²) < 4.78 is 0. The first-order valence-electron chi connectivity index (χ1n) is 6.06.